The molecule has 1 aliphatic carbocycles. The number of hydrogen-bond donors (Lipinski definition) is 1. The second-order valence-corrected chi connectivity index (χ2v) is 6.24. The van der Waals surface area contributed by atoms with E-state index in [0.717, 1.165) is 30.4 Å². The molecular formula is C21H23NO. The Kier molecular flexibility index (Phi) is 4.92. The minimum absolute atomic E-state index is 0.0878. The molecule has 118 valence electrons. The van der Waals surface area contributed by atoms with Crippen molar-refractivity contribution in [3.8, 4) is 0 Å². The largest absolute Gasteiger partial charge is 0.345 e. The Morgan fingerprint density at radius 1 is 1.00 bits per heavy atom. The Balaban J connectivity index is 1.84. The quantitative estimate of drug-likeness (QED) is 0.825. The molecule has 0 saturated carbocycles. The Morgan fingerprint density at radius 2 is 1.70 bits per heavy atom. The first-order valence-corrected chi connectivity index (χ1v) is 8.31. The zero-order chi connectivity index (χ0) is 16.1. The summed E-state index contributed by atoms with van der Waals surface area (Å²) in [5.74, 6) is 0.250. The van der Waals surface area contributed by atoms with E-state index in [4.69, 9.17) is 0 Å². The van der Waals surface area contributed by atoms with E-state index in [1.54, 1.807) is 0 Å². The van der Waals surface area contributed by atoms with Crippen LogP contribution in [0.25, 0.3) is 0 Å². The molecule has 3 rings (SSSR count). The van der Waals surface area contributed by atoms with Crippen LogP contribution in [-0.2, 0) is 4.79 Å². The molecule has 2 heteroatoms. The van der Waals surface area contributed by atoms with Crippen molar-refractivity contribution in [3.63, 3.8) is 0 Å². The zero-order valence-electron chi connectivity index (χ0n) is 13.5. The number of benzene rings is 2. The predicted octanol–water partition coefficient (Wildman–Crippen LogP) is 4.56. The van der Waals surface area contributed by atoms with Crippen LogP contribution < -0.4 is 5.32 Å². The van der Waals surface area contributed by atoms with Gasteiger partial charge in [-0.15, -0.1) is 0 Å². The van der Waals surface area contributed by atoms with Crippen LogP contribution in [0.15, 0.2) is 66.7 Å². The molecule has 0 aliphatic heterocycles. The molecule has 1 aliphatic rings. The van der Waals surface area contributed by atoms with E-state index in [-0.39, 0.29) is 17.9 Å². The summed E-state index contributed by atoms with van der Waals surface area (Å²) in [6.07, 6.45) is 7.08. The number of hydrogen-bond acceptors (Lipinski definition) is 1. The molecule has 1 N–H and O–H groups in total. The van der Waals surface area contributed by atoms with Crippen molar-refractivity contribution in [1.82, 2.24) is 5.32 Å². The van der Waals surface area contributed by atoms with Crippen molar-refractivity contribution < 1.29 is 4.79 Å². The molecule has 0 aromatic heterocycles. The third kappa shape index (κ3) is 3.89. The fourth-order valence-electron chi connectivity index (χ4n) is 3.06. The predicted molar refractivity (Wildman–Crippen MR) is 94.1 cm³/mol. The fraction of sp³-hybridized carbons (Fsp3) is 0.286. The molecule has 23 heavy (non-hydrogen) atoms. The second-order valence-electron chi connectivity index (χ2n) is 6.24. The van der Waals surface area contributed by atoms with E-state index < -0.39 is 0 Å². The lowest BCUT2D eigenvalue weighted by molar-refractivity contribution is -0.125. The highest BCUT2D eigenvalue weighted by molar-refractivity contribution is 5.80. The molecule has 2 aromatic rings. The first-order chi connectivity index (χ1) is 11.2. The molecule has 0 bridgehead atoms. The summed E-state index contributed by atoms with van der Waals surface area (Å²) in [7, 11) is 0. The molecule has 0 fully saturated rings. The summed E-state index contributed by atoms with van der Waals surface area (Å²) in [4.78, 5) is 12.7. The van der Waals surface area contributed by atoms with Crippen LogP contribution in [0.3, 0.4) is 0 Å². The molecule has 2 nitrogen and oxygen atoms in total. The van der Waals surface area contributed by atoms with Crippen molar-refractivity contribution in [1.29, 1.82) is 0 Å². The van der Waals surface area contributed by atoms with Gasteiger partial charge in [-0.25, -0.2) is 0 Å². The second kappa shape index (κ2) is 7.28. The molecule has 2 aromatic carbocycles. The monoisotopic (exact) mass is 305 g/mol. The van der Waals surface area contributed by atoms with Gasteiger partial charge in [-0.1, -0.05) is 72.3 Å². The highest BCUT2D eigenvalue weighted by Gasteiger charge is 2.23. The summed E-state index contributed by atoms with van der Waals surface area (Å²) in [5.41, 5.74) is 3.47. The van der Waals surface area contributed by atoms with E-state index in [9.17, 15) is 4.79 Å². The maximum atomic E-state index is 12.7. The van der Waals surface area contributed by atoms with Crippen LogP contribution in [-0.4, -0.2) is 5.91 Å². The molecule has 0 spiro atoms. The van der Waals surface area contributed by atoms with Gasteiger partial charge in [-0.2, -0.15) is 0 Å². The number of carbonyl (C=O) groups is 1. The smallest absolute Gasteiger partial charge is 0.224 e. The van der Waals surface area contributed by atoms with Crippen molar-refractivity contribution in [3.05, 3.63) is 83.4 Å². The molecule has 1 amide bonds. The van der Waals surface area contributed by atoms with Crippen molar-refractivity contribution in [2.24, 2.45) is 5.92 Å². The molecule has 2 atom stereocenters. The summed E-state index contributed by atoms with van der Waals surface area (Å²) in [6.45, 7) is 2.08. The summed E-state index contributed by atoms with van der Waals surface area (Å²) in [6, 6.07) is 18.5. The van der Waals surface area contributed by atoms with Gasteiger partial charge in [0, 0.05) is 5.92 Å². The SMILES string of the molecule is Cc1ccc(C(NC(=O)C2CC=CCC2)c2ccccc2)cc1. The van der Waals surface area contributed by atoms with E-state index in [0.29, 0.717) is 0 Å². The topological polar surface area (TPSA) is 29.1 Å². The first kappa shape index (κ1) is 15.5. The Bertz CT molecular complexity index is 673. The van der Waals surface area contributed by atoms with Crippen molar-refractivity contribution in [2.75, 3.05) is 0 Å². The van der Waals surface area contributed by atoms with Gasteiger partial charge < -0.3 is 5.32 Å². The molecule has 0 saturated heterocycles. The lowest BCUT2D eigenvalue weighted by atomic mass is 9.92. The van der Waals surface area contributed by atoms with Gasteiger partial charge in [0.1, 0.15) is 0 Å². The average Bonchev–Trinajstić information content (AvgIpc) is 2.62. The third-order valence-corrected chi connectivity index (χ3v) is 4.47. The zero-order valence-corrected chi connectivity index (χ0v) is 13.5. The summed E-state index contributed by atoms with van der Waals surface area (Å²) < 4.78 is 0. The van der Waals surface area contributed by atoms with E-state index in [1.165, 1.54) is 5.56 Å². The van der Waals surface area contributed by atoms with E-state index in [1.807, 2.05) is 18.2 Å². The van der Waals surface area contributed by atoms with Crippen LogP contribution in [0.4, 0.5) is 0 Å². The van der Waals surface area contributed by atoms with Crippen LogP contribution in [0.5, 0.6) is 0 Å². The minimum atomic E-state index is -0.0878. The lowest BCUT2D eigenvalue weighted by Crippen LogP contribution is -2.35. The van der Waals surface area contributed by atoms with Crippen LogP contribution in [0.2, 0.25) is 0 Å². The van der Waals surface area contributed by atoms with Gasteiger partial charge in [0.2, 0.25) is 5.91 Å². The Labute approximate surface area is 138 Å². The van der Waals surface area contributed by atoms with Crippen molar-refractivity contribution in [2.45, 2.75) is 32.2 Å². The molecule has 0 heterocycles. The van der Waals surface area contributed by atoms with E-state index in [2.05, 4.69) is 60.8 Å². The Morgan fingerprint density at radius 3 is 2.35 bits per heavy atom. The van der Waals surface area contributed by atoms with Gasteiger partial charge in [0.25, 0.3) is 0 Å². The maximum absolute atomic E-state index is 12.7. The van der Waals surface area contributed by atoms with Gasteiger partial charge in [0.05, 0.1) is 6.04 Å². The third-order valence-electron chi connectivity index (χ3n) is 4.47. The number of aryl methyl sites for hydroxylation is 1. The van der Waals surface area contributed by atoms with Crippen LogP contribution in [0.1, 0.15) is 42.0 Å². The van der Waals surface area contributed by atoms with Gasteiger partial charge in [0.15, 0.2) is 0 Å². The number of carbonyl (C=O) groups excluding carboxylic acids is 1. The standard InChI is InChI=1S/C21H23NO/c1-16-12-14-18(15-13-16)20(17-8-4-2-5-9-17)22-21(23)19-10-6-3-7-11-19/h2-6,8-9,12-15,19-20H,7,10-11H2,1H3,(H,22,23). The highest BCUT2D eigenvalue weighted by Crippen LogP contribution is 2.25. The maximum Gasteiger partial charge on any atom is 0.224 e. The first-order valence-electron chi connectivity index (χ1n) is 8.31. The van der Waals surface area contributed by atoms with E-state index >= 15 is 0 Å². The average molecular weight is 305 g/mol. The highest BCUT2D eigenvalue weighted by atomic mass is 16.1. The number of allylic oxidation sites excluding steroid dienone is 2. The number of amides is 1. The Hall–Kier alpha value is -2.35. The van der Waals surface area contributed by atoms with Crippen LogP contribution in [0, 0.1) is 12.8 Å². The number of rotatable bonds is 4. The van der Waals surface area contributed by atoms with Gasteiger partial charge >= 0.3 is 0 Å². The molecular weight excluding hydrogens is 282 g/mol. The molecule has 2 unspecified atom stereocenters. The molecule has 0 radical (unpaired) electrons. The number of nitrogens with one attached hydrogen (secondary N) is 1. The lowest BCUT2D eigenvalue weighted by Gasteiger charge is -2.24. The van der Waals surface area contributed by atoms with Gasteiger partial charge in [-0.05, 0) is 37.3 Å². The van der Waals surface area contributed by atoms with Crippen LogP contribution >= 0.6 is 0 Å². The minimum Gasteiger partial charge on any atom is -0.345 e. The van der Waals surface area contributed by atoms with Crippen molar-refractivity contribution >= 4 is 5.91 Å². The van der Waals surface area contributed by atoms with Gasteiger partial charge in [-0.3, -0.25) is 4.79 Å². The normalized spacial score (nSPS) is 18.4. The summed E-state index contributed by atoms with van der Waals surface area (Å²) >= 11 is 0. The summed E-state index contributed by atoms with van der Waals surface area (Å²) in [5, 5.41) is 3.27. The fourth-order valence-corrected chi connectivity index (χ4v) is 3.06.